The predicted molar refractivity (Wildman–Crippen MR) is 107 cm³/mol. The molecule has 0 spiro atoms. The highest BCUT2D eigenvalue weighted by atomic mass is 35.5. The van der Waals surface area contributed by atoms with Crippen LogP contribution in [-0.4, -0.2) is 31.0 Å². The maximum Gasteiger partial charge on any atom is 0.261 e. The molecule has 1 saturated heterocycles. The van der Waals surface area contributed by atoms with Crippen molar-refractivity contribution in [2.75, 3.05) is 25.5 Å². The van der Waals surface area contributed by atoms with Gasteiger partial charge in [0.25, 0.3) is 5.91 Å². The fraction of sp³-hybridized carbons (Fsp3) is 0.350. The molecule has 4 nitrogen and oxygen atoms in total. The molecule has 1 aliphatic rings. The largest absolute Gasteiger partial charge is 0.494 e. The molecule has 3 rings (SSSR count). The van der Waals surface area contributed by atoms with Crippen molar-refractivity contribution in [3.8, 4) is 5.75 Å². The first kappa shape index (κ1) is 19.0. The van der Waals surface area contributed by atoms with E-state index in [0.29, 0.717) is 15.7 Å². The summed E-state index contributed by atoms with van der Waals surface area (Å²) in [6.45, 7) is 3.26. The van der Waals surface area contributed by atoms with Gasteiger partial charge in [0.05, 0.1) is 17.2 Å². The lowest BCUT2D eigenvalue weighted by Crippen LogP contribution is -2.29. The molecular formula is C20H22Cl2N2O2. The maximum absolute atomic E-state index is 12.6. The first-order valence-corrected chi connectivity index (χ1v) is 9.48. The summed E-state index contributed by atoms with van der Waals surface area (Å²) in [5.41, 5.74) is 2.18. The quantitative estimate of drug-likeness (QED) is 0.755. The van der Waals surface area contributed by atoms with Crippen molar-refractivity contribution >= 4 is 34.8 Å². The number of ether oxygens (including phenoxy) is 1. The van der Waals surface area contributed by atoms with E-state index in [0.717, 1.165) is 19.6 Å². The lowest BCUT2D eigenvalue weighted by molar-refractivity contribution is 0.102. The Morgan fingerprint density at radius 1 is 1.04 bits per heavy atom. The minimum Gasteiger partial charge on any atom is -0.494 e. The van der Waals surface area contributed by atoms with Gasteiger partial charge in [-0.05, 0) is 55.8 Å². The molecule has 1 N–H and O–H groups in total. The molecule has 1 amide bonds. The predicted octanol–water partition coefficient (Wildman–Crippen LogP) is 5.24. The van der Waals surface area contributed by atoms with Crippen molar-refractivity contribution in [3.63, 3.8) is 0 Å². The van der Waals surface area contributed by atoms with E-state index in [-0.39, 0.29) is 17.2 Å². The summed E-state index contributed by atoms with van der Waals surface area (Å²) in [5.74, 6) is -0.0727. The van der Waals surface area contributed by atoms with Gasteiger partial charge in [0, 0.05) is 12.2 Å². The Balaban J connectivity index is 1.69. The number of hydrogen-bond acceptors (Lipinski definition) is 3. The van der Waals surface area contributed by atoms with E-state index >= 15 is 0 Å². The molecule has 0 atom stereocenters. The van der Waals surface area contributed by atoms with E-state index in [2.05, 4.69) is 10.2 Å². The van der Waals surface area contributed by atoms with Gasteiger partial charge in [-0.3, -0.25) is 9.69 Å². The van der Waals surface area contributed by atoms with Gasteiger partial charge in [-0.15, -0.1) is 0 Å². The van der Waals surface area contributed by atoms with Crippen LogP contribution in [-0.2, 0) is 6.54 Å². The number of hydrogen-bond donors (Lipinski definition) is 1. The van der Waals surface area contributed by atoms with Gasteiger partial charge in [0.1, 0.15) is 5.56 Å². The summed E-state index contributed by atoms with van der Waals surface area (Å²) in [5, 5.41) is 3.50. The Morgan fingerprint density at radius 3 is 2.35 bits per heavy atom. The molecule has 1 fully saturated rings. The second-order valence-electron chi connectivity index (χ2n) is 6.43. The maximum atomic E-state index is 12.6. The Kier molecular flexibility index (Phi) is 6.41. The summed E-state index contributed by atoms with van der Waals surface area (Å²) < 4.78 is 5.24. The van der Waals surface area contributed by atoms with Crippen LogP contribution in [0.3, 0.4) is 0 Å². The van der Waals surface area contributed by atoms with Crippen molar-refractivity contribution in [1.82, 2.24) is 4.90 Å². The van der Waals surface area contributed by atoms with E-state index in [4.69, 9.17) is 27.9 Å². The second-order valence-corrected chi connectivity index (χ2v) is 7.24. The Hall–Kier alpha value is -1.75. The molecule has 0 unspecified atom stereocenters. The standard InChI is InChI=1S/C20H22Cl2N2O2/c1-26-19-17(22)10-9-16(21)18(19)20(25)23-15-7-5-14(6-8-15)13-24-11-3-2-4-12-24/h5-10H,2-4,11-13H2,1H3,(H,23,25). The molecule has 1 aliphatic heterocycles. The molecule has 138 valence electrons. The van der Waals surface area contributed by atoms with E-state index in [9.17, 15) is 4.79 Å². The highest BCUT2D eigenvalue weighted by Crippen LogP contribution is 2.34. The summed E-state index contributed by atoms with van der Waals surface area (Å²) in [7, 11) is 1.46. The average molecular weight is 393 g/mol. The number of amides is 1. The molecule has 0 radical (unpaired) electrons. The molecule has 0 bridgehead atoms. The van der Waals surface area contributed by atoms with Crippen LogP contribution in [0.5, 0.6) is 5.75 Å². The SMILES string of the molecule is COc1c(Cl)ccc(Cl)c1C(=O)Nc1ccc(CN2CCCCC2)cc1. The van der Waals surface area contributed by atoms with Crippen molar-refractivity contribution < 1.29 is 9.53 Å². The average Bonchev–Trinajstić information content (AvgIpc) is 2.65. The Morgan fingerprint density at radius 2 is 1.69 bits per heavy atom. The smallest absolute Gasteiger partial charge is 0.261 e. The van der Waals surface area contributed by atoms with Crippen LogP contribution in [0.2, 0.25) is 10.0 Å². The van der Waals surface area contributed by atoms with E-state index in [1.165, 1.54) is 31.9 Å². The highest BCUT2D eigenvalue weighted by molar-refractivity contribution is 6.37. The number of methoxy groups -OCH3 is 1. The lowest BCUT2D eigenvalue weighted by atomic mass is 10.1. The molecule has 0 aliphatic carbocycles. The highest BCUT2D eigenvalue weighted by Gasteiger charge is 2.19. The third-order valence-electron chi connectivity index (χ3n) is 4.56. The monoisotopic (exact) mass is 392 g/mol. The molecule has 26 heavy (non-hydrogen) atoms. The third-order valence-corrected chi connectivity index (χ3v) is 5.17. The minimum absolute atomic E-state index is 0.235. The zero-order valence-corrected chi connectivity index (χ0v) is 16.2. The number of anilines is 1. The first-order valence-electron chi connectivity index (χ1n) is 8.73. The number of rotatable bonds is 5. The number of piperidine rings is 1. The molecule has 0 aromatic heterocycles. The zero-order valence-electron chi connectivity index (χ0n) is 14.7. The van der Waals surface area contributed by atoms with Gasteiger partial charge in [0.15, 0.2) is 5.75 Å². The van der Waals surface area contributed by atoms with Gasteiger partial charge >= 0.3 is 0 Å². The molecule has 1 heterocycles. The van der Waals surface area contributed by atoms with Crippen LogP contribution in [0.15, 0.2) is 36.4 Å². The molecular weight excluding hydrogens is 371 g/mol. The fourth-order valence-corrected chi connectivity index (χ4v) is 3.68. The third kappa shape index (κ3) is 4.50. The van der Waals surface area contributed by atoms with Crippen molar-refractivity contribution in [2.45, 2.75) is 25.8 Å². The van der Waals surface area contributed by atoms with Gasteiger partial charge in [-0.1, -0.05) is 41.8 Å². The summed E-state index contributed by atoms with van der Waals surface area (Å²) in [4.78, 5) is 15.1. The van der Waals surface area contributed by atoms with E-state index in [1.807, 2.05) is 24.3 Å². The van der Waals surface area contributed by atoms with Crippen LogP contribution < -0.4 is 10.1 Å². The number of likely N-dealkylation sites (tertiary alicyclic amines) is 1. The fourth-order valence-electron chi connectivity index (χ4n) is 3.21. The van der Waals surface area contributed by atoms with E-state index < -0.39 is 0 Å². The first-order chi connectivity index (χ1) is 12.6. The van der Waals surface area contributed by atoms with Gasteiger partial charge in [-0.2, -0.15) is 0 Å². The van der Waals surface area contributed by atoms with Crippen LogP contribution in [0, 0.1) is 0 Å². The Bertz CT molecular complexity index is 772. The van der Waals surface area contributed by atoms with Crippen molar-refractivity contribution in [1.29, 1.82) is 0 Å². The molecule has 0 saturated carbocycles. The Labute approximate surface area is 164 Å². The zero-order chi connectivity index (χ0) is 18.5. The molecule has 6 heteroatoms. The molecule has 2 aromatic carbocycles. The minimum atomic E-state index is -0.349. The van der Waals surface area contributed by atoms with Crippen molar-refractivity contribution in [2.24, 2.45) is 0 Å². The number of carbonyl (C=O) groups excluding carboxylic acids is 1. The van der Waals surface area contributed by atoms with Gasteiger partial charge in [-0.25, -0.2) is 0 Å². The van der Waals surface area contributed by atoms with Crippen LogP contribution in [0.4, 0.5) is 5.69 Å². The normalized spacial score (nSPS) is 14.9. The van der Waals surface area contributed by atoms with E-state index in [1.54, 1.807) is 12.1 Å². The number of carbonyl (C=O) groups is 1. The summed E-state index contributed by atoms with van der Waals surface area (Å²) in [6, 6.07) is 11.1. The van der Waals surface area contributed by atoms with Crippen LogP contribution in [0.25, 0.3) is 0 Å². The van der Waals surface area contributed by atoms with Gasteiger partial charge in [0.2, 0.25) is 0 Å². The second kappa shape index (κ2) is 8.76. The van der Waals surface area contributed by atoms with Crippen LogP contribution >= 0.6 is 23.2 Å². The van der Waals surface area contributed by atoms with Gasteiger partial charge < -0.3 is 10.1 Å². The summed E-state index contributed by atoms with van der Waals surface area (Å²) >= 11 is 12.3. The lowest BCUT2D eigenvalue weighted by Gasteiger charge is -2.26. The number of benzene rings is 2. The molecule has 2 aromatic rings. The number of nitrogens with one attached hydrogen (secondary N) is 1. The number of nitrogens with zero attached hydrogens (tertiary/aromatic N) is 1. The number of halogens is 2. The summed E-state index contributed by atoms with van der Waals surface area (Å²) in [6.07, 6.45) is 3.88. The topological polar surface area (TPSA) is 41.6 Å². The van der Waals surface area contributed by atoms with Crippen LogP contribution in [0.1, 0.15) is 35.2 Å². The van der Waals surface area contributed by atoms with Crippen molar-refractivity contribution in [3.05, 3.63) is 57.6 Å².